The highest BCUT2D eigenvalue weighted by Crippen LogP contribution is 2.22. The standard InChI is InChI=1S/C18H26N2/c1-3-4-5-8-14(2)20-13-17-11-15-9-6-7-10-16(15)12-18(17)19/h6-7,9-12,14,20H,3-5,8,13,19H2,1-2H3. The van der Waals surface area contributed by atoms with Gasteiger partial charge in [-0.2, -0.15) is 0 Å². The molecule has 2 aromatic rings. The fourth-order valence-electron chi connectivity index (χ4n) is 2.54. The predicted octanol–water partition coefficient (Wildman–Crippen LogP) is 4.48. The van der Waals surface area contributed by atoms with Crippen molar-refractivity contribution in [3.63, 3.8) is 0 Å². The van der Waals surface area contributed by atoms with Crippen LogP contribution < -0.4 is 11.1 Å². The molecule has 1 atom stereocenters. The highest BCUT2D eigenvalue weighted by Gasteiger charge is 2.05. The number of nitrogens with one attached hydrogen (secondary N) is 1. The number of hydrogen-bond acceptors (Lipinski definition) is 2. The third kappa shape index (κ3) is 3.97. The summed E-state index contributed by atoms with van der Waals surface area (Å²) in [5, 5.41) is 6.06. The van der Waals surface area contributed by atoms with E-state index >= 15 is 0 Å². The highest BCUT2D eigenvalue weighted by atomic mass is 14.9. The van der Waals surface area contributed by atoms with Crippen LogP contribution in [0.15, 0.2) is 36.4 Å². The SMILES string of the molecule is CCCCCC(C)NCc1cc2ccccc2cc1N. The van der Waals surface area contributed by atoms with Gasteiger partial charge in [0, 0.05) is 18.3 Å². The minimum absolute atomic E-state index is 0.549. The highest BCUT2D eigenvalue weighted by molar-refractivity contribution is 5.86. The first-order valence-corrected chi connectivity index (χ1v) is 7.71. The summed E-state index contributed by atoms with van der Waals surface area (Å²) in [7, 11) is 0. The first-order valence-electron chi connectivity index (χ1n) is 7.71. The van der Waals surface area contributed by atoms with Crippen molar-refractivity contribution >= 4 is 16.5 Å². The van der Waals surface area contributed by atoms with Crippen LogP contribution in [0.5, 0.6) is 0 Å². The van der Waals surface area contributed by atoms with Crippen LogP contribution in [0, 0.1) is 0 Å². The minimum atomic E-state index is 0.549. The zero-order chi connectivity index (χ0) is 14.4. The molecule has 0 aliphatic heterocycles. The molecular formula is C18H26N2. The maximum absolute atomic E-state index is 6.15. The molecule has 0 bridgehead atoms. The Morgan fingerprint density at radius 1 is 1.10 bits per heavy atom. The summed E-state index contributed by atoms with van der Waals surface area (Å²) in [4.78, 5) is 0. The van der Waals surface area contributed by atoms with Gasteiger partial charge < -0.3 is 11.1 Å². The van der Waals surface area contributed by atoms with Crippen molar-refractivity contribution < 1.29 is 0 Å². The molecule has 0 aliphatic carbocycles. The van der Waals surface area contributed by atoms with E-state index in [1.165, 1.54) is 42.0 Å². The normalized spacial score (nSPS) is 12.7. The summed E-state index contributed by atoms with van der Waals surface area (Å²) in [6.07, 6.45) is 5.15. The van der Waals surface area contributed by atoms with Crippen molar-refractivity contribution in [2.45, 2.75) is 52.1 Å². The van der Waals surface area contributed by atoms with E-state index in [4.69, 9.17) is 5.73 Å². The zero-order valence-electron chi connectivity index (χ0n) is 12.7. The monoisotopic (exact) mass is 270 g/mol. The van der Waals surface area contributed by atoms with E-state index in [2.05, 4.69) is 55.6 Å². The van der Waals surface area contributed by atoms with Crippen LogP contribution in [-0.2, 0) is 6.54 Å². The van der Waals surface area contributed by atoms with Gasteiger partial charge in [0.25, 0.3) is 0 Å². The summed E-state index contributed by atoms with van der Waals surface area (Å²) in [6, 6.07) is 13.2. The summed E-state index contributed by atoms with van der Waals surface area (Å²) in [5.41, 5.74) is 8.24. The number of rotatable bonds is 7. The molecular weight excluding hydrogens is 244 g/mol. The number of hydrogen-bond donors (Lipinski definition) is 2. The Bertz CT molecular complexity index is 548. The molecule has 0 spiro atoms. The van der Waals surface area contributed by atoms with Crippen LogP contribution in [0.1, 0.15) is 45.1 Å². The molecule has 2 aromatic carbocycles. The van der Waals surface area contributed by atoms with Crippen molar-refractivity contribution in [2.75, 3.05) is 5.73 Å². The molecule has 0 saturated carbocycles. The van der Waals surface area contributed by atoms with Gasteiger partial charge in [-0.3, -0.25) is 0 Å². The second-order valence-corrected chi connectivity index (χ2v) is 5.68. The van der Waals surface area contributed by atoms with Gasteiger partial charge in [0.1, 0.15) is 0 Å². The maximum Gasteiger partial charge on any atom is 0.0366 e. The molecule has 0 aromatic heterocycles. The Morgan fingerprint density at radius 2 is 1.80 bits per heavy atom. The van der Waals surface area contributed by atoms with Crippen molar-refractivity contribution in [3.05, 3.63) is 42.0 Å². The van der Waals surface area contributed by atoms with Crippen LogP contribution >= 0.6 is 0 Å². The first-order chi connectivity index (χ1) is 9.70. The van der Waals surface area contributed by atoms with Crippen molar-refractivity contribution in [2.24, 2.45) is 0 Å². The topological polar surface area (TPSA) is 38.0 Å². The average Bonchev–Trinajstić information content (AvgIpc) is 2.45. The number of unbranched alkanes of at least 4 members (excludes halogenated alkanes) is 2. The molecule has 0 heterocycles. The van der Waals surface area contributed by atoms with E-state index in [0.29, 0.717) is 6.04 Å². The molecule has 108 valence electrons. The van der Waals surface area contributed by atoms with Crippen LogP contribution in [0.2, 0.25) is 0 Å². The molecule has 2 rings (SSSR count). The number of benzene rings is 2. The van der Waals surface area contributed by atoms with Crippen molar-refractivity contribution in [3.8, 4) is 0 Å². The lowest BCUT2D eigenvalue weighted by Gasteiger charge is -2.15. The van der Waals surface area contributed by atoms with Crippen molar-refractivity contribution in [1.29, 1.82) is 0 Å². The Balaban J connectivity index is 1.97. The van der Waals surface area contributed by atoms with Gasteiger partial charge in [-0.15, -0.1) is 0 Å². The molecule has 0 fully saturated rings. The maximum atomic E-state index is 6.15. The van der Waals surface area contributed by atoms with E-state index in [1.54, 1.807) is 0 Å². The lowest BCUT2D eigenvalue weighted by Crippen LogP contribution is -2.25. The van der Waals surface area contributed by atoms with Crippen LogP contribution in [0.25, 0.3) is 10.8 Å². The van der Waals surface area contributed by atoms with Crippen LogP contribution in [-0.4, -0.2) is 6.04 Å². The second-order valence-electron chi connectivity index (χ2n) is 5.68. The average molecular weight is 270 g/mol. The lowest BCUT2D eigenvalue weighted by molar-refractivity contribution is 0.488. The Morgan fingerprint density at radius 3 is 2.50 bits per heavy atom. The number of fused-ring (bicyclic) bond motifs is 1. The van der Waals surface area contributed by atoms with Crippen LogP contribution in [0.3, 0.4) is 0 Å². The fourth-order valence-corrected chi connectivity index (χ4v) is 2.54. The first kappa shape index (κ1) is 14.9. The molecule has 3 N–H and O–H groups in total. The van der Waals surface area contributed by atoms with Gasteiger partial charge in [-0.1, -0.05) is 50.5 Å². The molecule has 1 unspecified atom stereocenters. The van der Waals surface area contributed by atoms with Gasteiger partial charge in [-0.25, -0.2) is 0 Å². The van der Waals surface area contributed by atoms with E-state index in [0.717, 1.165) is 12.2 Å². The molecule has 20 heavy (non-hydrogen) atoms. The quantitative estimate of drug-likeness (QED) is 0.575. The number of nitrogens with two attached hydrogens (primary N) is 1. The molecule has 0 radical (unpaired) electrons. The second kappa shape index (κ2) is 7.30. The molecule has 0 amide bonds. The van der Waals surface area contributed by atoms with Gasteiger partial charge >= 0.3 is 0 Å². The van der Waals surface area contributed by atoms with E-state index in [-0.39, 0.29) is 0 Å². The van der Waals surface area contributed by atoms with Crippen molar-refractivity contribution in [1.82, 2.24) is 5.32 Å². The Kier molecular flexibility index (Phi) is 5.42. The van der Waals surface area contributed by atoms with E-state index in [9.17, 15) is 0 Å². The number of anilines is 1. The predicted molar refractivity (Wildman–Crippen MR) is 88.8 cm³/mol. The summed E-state index contributed by atoms with van der Waals surface area (Å²) in [5.74, 6) is 0. The Hall–Kier alpha value is -1.54. The molecule has 0 saturated heterocycles. The van der Waals surface area contributed by atoms with E-state index in [1.807, 2.05) is 0 Å². The Labute approximate surface area is 122 Å². The summed E-state index contributed by atoms with van der Waals surface area (Å²) >= 11 is 0. The van der Waals surface area contributed by atoms with Gasteiger partial charge in [0.15, 0.2) is 0 Å². The van der Waals surface area contributed by atoms with Gasteiger partial charge in [0.2, 0.25) is 0 Å². The fraction of sp³-hybridized carbons (Fsp3) is 0.444. The third-order valence-electron chi connectivity index (χ3n) is 3.89. The van der Waals surface area contributed by atoms with Crippen LogP contribution in [0.4, 0.5) is 5.69 Å². The lowest BCUT2D eigenvalue weighted by atomic mass is 10.0. The third-order valence-corrected chi connectivity index (χ3v) is 3.89. The van der Waals surface area contributed by atoms with Gasteiger partial charge in [0.05, 0.1) is 0 Å². The zero-order valence-corrected chi connectivity index (χ0v) is 12.7. The van der Waals surface area contributed by atoms with Gasteiger partial charge in [-0.05, 0) is 41.8 Å². The molecule has 2 nitrogen and oxygen atoms in total. The smallest absolute Gasteiger partial charge is 0.0366 e. The largest absolute Gasteiger partial charge is 0.398 e. The minimum Gasteiger partial charge on any atom is -0.398 e. The summed E-state index contributed by atoms with van der Waals surface area (Å²) in [6.45, 7) is 5.35. The summed E-state index contributed by atoms with van der Waals surface area (Å²) < 4.78 is 0. The number of nitrogen functional groups attached to an aromatic ring is 1. The molecule has 0 aliphatic rings. The van der Waals surface area contributed by atoms with E-state index < -0.39 is 0 Å². The molecule has 2 heteroatoms.